The van der Waals surface area contributed by atoms with E-state index in [4.69, 9.17) is 9.51 Å². The minimum Gasteiger partial charge on any atom is -0.507 e. The summed E-state index contributed by atoms with van der Waals surface area (Å²) in [6.45, 7) is 10.3. The summed E-state index contributed by atoms with van der Waals surface area (Å²) in [6, 6.07) is 3.67. The Morgan fingerprint density at radius 1 is 1.39 bits per heavy atom. The number of aryl methyl sites for hydroxylation is 1. The van der Waals surface area contributed by atoms with E-state index in [9.17, 15) is 9.90 Å². The molecule has 2 N–H and O–H groups in total. The van der Waals surface area contributed by atoms with Gasteiger partial charge in [-0.2, -0.15) is 0 Å². The number of nitrogens with zero attached hydrogens (tertiary/aromatic N) is 3. The predicted molar refractivity (Wildman–Crippen MR) is 122 cm³/mol. The molecule has 0 unspecified atom stereocenters. The average molecular weight is 441 g/mol. The Balaban J connectivity index is 1.92. The van der Waals surface area contributed by atoms with Crippen LogP contribution in [0.1, 0.15) is 58.9 Å². The molecule has 1 aliphatic heterocycles. The molecule has 3 aromatic rings. The average Bonchev–Trinajstić information content (AvgIpc) is 3.31. The number of amides is 1. The molecular formula is C23H28N4O3S. The molecule has 0 radical (unpaired) electrons. The summed E-state index contributed by atoms with van der Waals surface area (Å²) in [4.78, 5) is 21.1. The van der Waals surface area contributed by atoms with Gasteiger partial charge in [-0.25, -0.2) is 4.98 Å². The summed E-state index contributed by atoms with van der Waals surface area (Å²) in [6.07, 6.45) is 0.924. The van der Waals surface area contributed by atoms with Gasteiger partial charge in [0.1, 0.15) is 10.8 Å². The molecule has 164 valence electrons. The molecule has 0 spiro atoms. The lowest BCUT2D eigenvalue weighted by Gasteiger charge is -2.20. The molecule has 1 amide bonds. The molecule has 0 bridgehead atoms. The quantitative estimate of drug-likeness (QED) is 0.613. The number of phenols is 1. The first kappa shape index (κ1) is 21.5. The van der Waals surface area contributed by atoms with Crippen molar-refractivity contribution < 1.29 is 14.4 Å². The van der Waals surface area contributed by atoms with E-state index in [1.165, 1.54) is 4.88 Å². The number of likely N-dealkylation sites (N-methyl/N-ethyl adjacent to an activating group) is 1. The highest BCUT2D eigenvalue weighted by atomic mass is 32.1. The Morgan fingerprint density at radius 3 is 2.87 bits per heavy atom. The van der Waals surface area contributed by atoms with E-state index >= 15 is 0 Å². The molecule has 0 fully saturated rings. The van der Waals surface area contributed by atoms with Gasteiger partial charge in [0, 0.05) is 24.5 Å². The van der Waals surface area contributed by atoms with Crippen LogP contribution in [0.3, 0.4) is 0 Å². The molecule has 7 nitrogen and oxygen atoms in total. The first-order chi connectivity index (χ1) is 14.8. The number of benzene rings is 1. The Hall–Kier alpha value is -2.71. The number of carbonyl (C=O) groups is 1. The fraction of sp³-hybridized carbons (Fsp3) is 0.435. The van der Waals surface area contributed by atoms with Crippen molar-refractivity contribution in [1.29, 1.82) is 0 Å². The smallest absolute Gasteiger partial charge is 0.274 e. The molecular weight excluding hydrogens is 412 g/mol. The minimum atomic E-state index is -0.312. The first-order valence-corrected chi connectivity index (χ1v) is 11.4. The summed E-state index contributed by atoms with van der Waals surface area (Å²) >= 11 is 1.57. The van der Waals surface area contributed by atoms with Gasteiger partial charge in [-0.3, -0.25) is 4.79 Å². The number of rotatable bonds is 5. The van der Waals surface area contributed by atoms with Gasteiger partial charge in [-0.15, -0.1) is 11.3 Å². The van der Waals surface area contributed by atoms with Crippen molar-refractivity contribution in [3.8, 4) is 27.6 Å². The lowest BCUT2D eigenvalue weighted by atomic mass is 9.93. The standard InChI is InChI=1S/C23H28N4O3S/c1-6-24-22(29)20-19(23-25-16-11-27(5)8-7-18(16)31-23)21(30-26-20)15-10-14(12(2)3)13(4)9-17(15)28/h9-10,12,28H,6-8,11H2,1-5H3,(H,24,29). The van der Waals surface area contributed by atoms with E-state index in [0.29, 0.717) is 28.4 Å². The van der Waals surface area contributed by atoms with Crippen LogP contribution in [0.2, 0.25) is 0 Å². The zero-order chi connectivity index (χ0) is 22.3. The van der Waals surface area contributed by atoms with Crippen LogP contribution in [-0.4, -0.2) is 46.2 Å². The second kappa shape index (κ2) is 8.43. The highest BCUT2D eigenvalue weighted by Gasteiger charge is 2.30. The van der Waals surface area contributed by atoms with Gasteiger partial charge in [0.05, 0.1) is 16.8 Å². The van der Waals surface area contributed by atoms with Gasteiger partial charge >= 0.3 is 0 Å². The molecule has 1 aromatic carbocycles. The number of aromatic nitrogens is 2. The van der Waals surface area contributed by atoms with Gasteiger partial charge in [-0.05, 0) is 56.5 Å². The fourth-order valence-electron chi connectivity index (χ4n) is 4.02. The van der Waals surface area contributed by atoms with E-state index in [-0.39, 0.29) is 23.3 Å². The number of phenolic OH excluding ortho intramolecular Hbond substituents is 1. The molecule has 0 atom stereocenters. The zero-order valence-electron chi connectivity index (χ0n) is 18.6. The lowest BCUT2D eigenvalue weighted by Crippen LogP contribution is -2.25. The largest absolute Gasteiger partial charge is 0.507 e. The number of fused-ring (bicyclic) bond motifs is 1. The minimum absolute atomic E-state index is 0.0998. The van der Waals surface area contributed by atoms with Gasteiger partial charge < -0.3 is 19.8 Å². The number of thiazole rings is 1. The predicted octanol–water partition coefficient (Wildman–Crippen LogP) is 4.34. The molecule has 2 aromatic heterocycles. The second-order valence-electron chi connectivity index (χ2n) is 8.35. The summed E-state index contributed by atoms with van der Waals surface area (Å²) in [7, 11) is 2.07. The molecule has 4 rings (SSSR count). The lowest BCUT2D eigenvalue weighted by molar-refractivity contribution is 0.0947. The van der Waals surface area contributed by atoms with E-state index in [2.05, 4.69) is 36.3 Å². The maximum Gasteiger partial charge on any atom is 0.274 e. The molecule has 1 aliphatic rings. The van der Waals surface area contributed by atoms with Gasteiger partial charge in [0.2, 0.25) is 0 Å². The Labute approximate surface area is 186 Å². The zero-order valence-corrected chi connectivity index (χ0v) is 19.4. The Bertz CT molecular complexity index is 1130. The monoisotopic (exact) mass is 440 g/mol. The maximum atomic E-state index is 12.8. The van der Waals surface area contributed by atoms with Crippen molar-refractivity contribution in [2.24, 2.45) is 0 Å². The van der Waals surface area contributed by atoms with E-state index in [1.54, 1.807) is 17.4 Å². The second-order valence-corrected chi connectivity index (χ2v) is 9.44. The van der Waals surface area contributed by atoms with Gasteiger partial charge in [-0.1, -0.05) is 19.0 Å². The SMILES string of the molecule is CCNC(=O)c1noc(-c2cc(C(C)C)c(C)cc2O)c1-c1nc2c(s1)CCN(C)C2. The molecule has 8 heteroatoms. The highest BCUT2D eigenvalue weighted by Crippen LogP contribution is 2.43. The number of hydrogen-bond donors (Lipinski definition) is 2. The van der Waals surface area contributed by atoms with Crippen LogP contribution < -0.4 is 5.32 Å². The third kappa shape index (κ3) is 3.97. The normalized spacial score (nSPS) is 14.1. The van der Waals surface area contributed by atoms with Crippen molar-refractivity contribution in [3.05, 3.63) is 39.5 Å². The van der Waals surface area contributed by atoms with Crippen LogP contribution in [0.15, 0.2) is 16.7 Å². The van der Waals surface area contributed by atoms with Crippen LogP contribution in [0.4, 0.5) is 0 Å². The third-order valence-electron chi connectivity index (χ3n) is 5.63. The molecule has 0 aliphatic carbocycles. The first-order valence-electron chi connectivity index (χ1n) is 10.6. The number of aromatic hydroxyl groups is 1. The summed E-state index contributed by atoms with van der Waals surface area (Å²) in [5.74, 6) is 0.438. The van der Waals surface area contributed by atoms with Gasteiger partial charge in [0.15, 0.2) is 11.5 Å². The molecule has 3 heterocycles. The van der Waals surface area contributed by atoms with Crippen molar-refractivity contribution in [2.75, 3.05) is 20.1 Å². The number of nitrogens with one attached hydrogen (secondary N) is 1. The van der Waals surface area contributed by atoms with Crippen LogP contribution in [0.5, 0.6) is 5.75 Å². The molecule has 31 heavy (non-hydrogen) atoms. The third-order valence-corrected chi connectivity index (χ3v) is 6.80. The molecule has 0 saturated heterocycles. The molecule has 0 saturated carbocycles. The fourth-order valence-corrected chi connectivity index (χ4v) is 5.12. The number of hydrogen-bond acceptors (Lipinski definition) is 7. The Morgan fingerprint density at radius 2 is 2.16 bits per heavy atom. The Kier molecular flexibility index (Phi) is 5.85. The highest BCUT2D eigenvalue weighted by molar-refractivity contribution is 7.15. The summed E-state index contributed by atoms with van der Waals surface area (Å²) < 4.78 is 5.70. The van der Waals surface area contributed by atoms with Crippen molar-refractivity contribution in [3.63, 3.8) is 0 Å². The maximum absolute atomic E-state index is 12.8. The van der Waals surface area contributed by atoms with E-state index < -0.39 is 0 Å². The van der Waals surface area contributed by atoms with Crippen molar-refractivity contribution >= 4 is 17.2 Å². The van der Waals surface area contributed by atoms with Gasteiger partial charge in [0.25, 0.3) is 5.91 Å². The van der Waals surface area contributed by atoms with Crippen LogP contribution in [-0.2, 0) is 13.0 Å². The summed E-state index contributed by atoms with van der Waals surface area (Å²) in [5.41, 5.74) is 4.41. The van der Waals surface area contributed by atoms with E-state index in [1.807, 2.05) is 19.9 Å². The van der Waals surface area contributed by atoms with Crippen molar-refractivity contribution in [1.82, 2.24) is 20.4 Å². The number of carbonyl (C=O) groups excluding carboxylic acids is 1. The summed E-state index contributed by atoms with van der Waals surface area (Å²) in [5, 5.41) is 18.4. The topological polar surface area (TPSA) is 91.5 Å². The van der Waals surface area contributed by atoms with Crippen LogP contribution >= 0.6 is 11.3 Å². The van der Waals surface area contributed by atoms with Crippen LogP contribution in [0.25, 0.3) is 21.9 Å². The van der Waals surface area contributed by atoms with Crippen LogP contribution in [0, 0.1) is 6.92 Å². The van der Waals surface area contributed by atoms with E-state index in [0.717, 1.165) is 36.3 Å². The van der Waals surface area contributed by atoms with Crippen molar-refractivity contribution in [2.45, 2.75) is 46.6 Å².